The SMILES string of the molecule is CCCCCCC/C=C\C/C=C\C/C=C\CCCCCCCCCCCCCCCCCCCCC(=O)NC(COC1OC(CO)C(OC2OC(CO)C(OC3OC(CO)C(O)C(O)C3O)C(O)C2O)C(O)C1O)C(O)/C=C/CC/C=C/CC/C=C/CCCCCCCCCC. The Balaban J connectivity index is 1.37. The first-order valence-electron chi connectivity index (χ1n) is 38.2. The topological polar surface area (TPSA) is 307 Å². The Labute approximate surface area is 578 Å². The summed E-state index contributed by atoms with van der Waals surface area (Å²) in [5, 5.41) is 121. The fraction of sp³-hybridized carbons (Fsp3) is 0.831. The number of hydrogen-bond acceptors (Lipinski definition) is 18. The lowest BCUT2D eigenvalue weighted by Gasteiger charge is -2.48. The first kappa shape index (κ1) is 87.4. The van der Waals surface area contributed by atoms with E-state index in [4.69, 9.17) is 28.4 Å². The second kappa shape index (κ2) is 57.8. The quantitative estimate of drug-likeness (QED) is 0.0199. The lowest BCUT2D eigenvalue weighted by atomic mass is 9.96. The van der Waals surface area contributed by atoms with Gasteiger partial charge < -0.3 is 89.9 Å². The summed E-state index contributed by atoms with van der Waals surface area (Å²) < 4.78 is 34.4. The van der Waals surface area contributed by atoms with E-state index in [1.807, 2.05) is 6.08 Å². The van der Waals surface area contributed by atoms with Gasteiger partial charge in [-0.3, -0.25) is 4.79 Å². The maximum absolute atomic E-state index is 13.4. The van der Waals surface area contributed by atoms with Gasteiger partial charge in [-0.1, -0.05) is 260 Å². The molecule has 558 valence electrons. The van der Waals surface area contributed by atoms with Crippen LogP contribution in [0.3, 0.4) is 0 Å². The second-order valence-corrected chi connectivity index (χ2v) is 27.1. The second-order valence-electron chi connectivity index (χ2n) is 27.1. The van der Waals surface area contributed by atoms with E-state index in [0.717, 1.165) is 57.8 Å². The fourth-order valence-electron chi connectivity index (χ4n) is 12.5. The monoisotopic (exact) mass is 1360 g/mol. The molecule has 3 aliphatic rings. The molecule has 0 spiro atoms. The maximum atomic E-state index is 13.4. The highest BCUT2D eigenvalue weighted by molar-refractivity contribution is 5.76. The molecule has 0 aromatic heterocycles. The molecule has 17 atom stereocenters. The number of carbonyl (C=O) groups excluding carboxylic acids is 1. The number of aliphatic hydroxyl groups is 11. The zero-order valence-electron chi connectivity index (χ0n) is 59.3. The van der Waals surface area contributed by atoms with Crippen molar-refractivity contribution in [2.24, 2.45) is 0 Å². The summed E-state index contributed by atoms with van der Waals surface area (Å²) in [4.78, 5) is 13.4. The summed E-state index contributed by atoms with van der Waals surface area (Å²) in [5.41, 5.74) is 0. The van der Waals surface area contributed by atoms with Crippen molar-refractivity contribution < 1.29 is 89.4 Å². The largest absolute Gasteiger partial charge is 0.394 e. The average molecular weight is 1360 g/mol. The van der Waals surface area contributed by atoms with E-state index in [1.54, 1.807) is 6.08 Å². The predicted octanol–water partition coefficient (Wildman–Crippen LogP) is 11.7. The molecule has 19 nitrogen and oxygen atoms in total. The Morgan fingerprint density at radius 3 is 1.11 bits per heavy atom. The lowest BCUT2D eigenvalue weighted by molar-refractivity contribution is -0.379. The minimum atomic E-state index is -1.98. The average Bonchev–Trinajstić information content (AvgIpc) is 0.787. The molecule has 3 fully saturated rings. The van der Waals surface area contributed by atoms with Crippen molar-refractivity contribution >= 4 is 5.91 Å². The van der Waals surface area contributed by atoms with Gasteiger partial charge >= 0.3 is 0 Å². The Bertz CT molecular complexity index is 2020. The number of unbranched alkanes of at least 4 members (excludes halogenated alkanes) is 33. The Morgan fingerprint density at radius 1 is 0.375 bits per heavy atom. The fourth-order valence-corrected chi connectivity index (χ4v) is 12.5. The van der Waals surface area contributed by atoms with Crippen LogP contribution in [0.25, 0.3) is 0 Å². The van der Waals surface area contributed by atoms with Crippen molar-refractivity contribution in [3.63, 3.8) is 0 Å². The molecule has 17 unspecified atom stereocenters. The van der Waals surface area contributed by atoms with E-state index >= 15 is 0 Å². The molecule has 12 N–H and O–H groups in total. The van der Waals surface area contributed by atoms with Gasteiger partial charge in [0.25, 0.3) is 0 Å². The van der Waals surface area contributed by atoms with Crippen LogP contribution in [0.1, 0.15) is 277 Å². The van der Waals surface area contributed by atoms with Crippen molar-refractivity contribution in [1.29, 1.82) is 0 Å². The van der Waals surface area contributed by atoms with Crippen molar-refractivity contribution in [3.05, 3.63) is 72.9 Å². The lowest BCUT2D eigenvalue weighted by Crippen LogP contribution is -2.66. The summed E-state index contributed by atoms with van der Waals surface area (Å²) >= 11 is 0. The van der Waals surface area contributed by atoms with Crippen LogP contribution in [0, 0.1) is 0 Å². The van der Waals surface area contributed by atoms with Crippen LogP contribution >= 0.6 is 0 Å². The molecule has 0 bridgehead atoms. The van der Waals surface area contributed by atoms with Crippen LogP contribution in [-0.4, -0.2) is 193 Å². The Kier molecular flexibility index (Phi) is 52.7. The summed E-state index contributed by atoms with van der Waals surface area (Å²) in [5.74, 6) is -0.288. The van der Waals surface area contributed by atoms with Crippen LogP contribution in [0.2, 0.25) is 0 Å². The standard InChI is InChI=1S/C77H137NO18/c1-3-5-7-9-11-13-15-17-19-21-23-24-25-26-27-28-29-30-31-32-33-34-35-36-37-39-41-43-45-47-49-51-53-55-65(83)78-60(61(82)54-52-50-48-46-44-42-40-38-22-20-18-16-14-12-10-8-6-4-2)59-91-75-71(89)68(86)73(63(57-80)93-75)96-77-72(90)69(87)74(64(58-81)94-77)95-76-70(88)67(85)66(84)62(56-79)92-76/h15,17,21-23,25-26,38,44,46,52,54,60-64,66-77,79-82,84-90H,3-14,16,18-20,24,27-37,39-43,45,47-51,53,55-59H2,1-2H3,(H,78,83)/b17-15-,23-21-,26-25-,38-22+,46-44+,54-52+. The number of nitrogens with one attached hydrogen (secondary N) is 1. The van der Waals surface area contributed by atoms with Crippen molar-refractivity contribution in [3.8, 4) is 0 Å². The zero-order valence-corrected chi connectivity index (χ0v) is 59.3. The van der Waals surface area contributed by atoms with E-state index in [2.05, 4.69) is 79.9 Å². The Hall–Kier alpha value is -2.77. The van der Waals surface area contributed by atoms with Crippen molar-refractivity contribution in [1.82, 2.24) is 5.32 Å². The molecule has 3 rings (SSSR count). The summed E-state index contributed by atoms with van der Waals surface area (Å²) in [6.45, 7) is 1.70. The minimum absolute atomic E-state index is 0.231. The normalized spacial score (nSPS) is 27.4. The maximum Gasteiger partial charge on any atom is 0.220 e. The molecule has 0 aromatic carbocycles. The zero-order chi connectivity index (χ0) is 69.6. The summed E-state index contributed by atoms with van der Waals surface area (Å²) in [7, 11) is 0. The smallest absolute Gasteiger partial charge is 0.220 e. The van der Waals surface area contributed by atoms with Gasteiger partial charge in [-0.15, -0.1) is 0 Å². The highest BCUT2D eigenvalue weighted by Crippen LogP contribution is 2.33. The number of allylic oxidation sites excluding steroid dienone is 11. The van der Waals surface area contributed by atoms with Gasteiger partial charge in [0.2, 0.25) is 5.91 Å². The number of carbonyl (C=O) groups is 1. The van der Waals surface area contributed by atoms with E-state index in [1.165, 1.54) is 186 Å². The van der Waals surface area contributed by atoms with Crippen LogP contribution in [0.15, 0.2) is 72.9 Å². The first-order valence-corrected chi connectivity index (χ1v) is 38.2. The molecule has 96 heavy (non-hydrogen) atoms. The molecule has 0 aliphatic carbocycles. The molecule has 0 saturated carbocycles. The highest BCUT2D eigenvalue weighted by atomic mass is 16.8. The molecule has 19 heteroatoms. The van der Waals surface area contributed by atoms with Gasteiger partial charge in [0.05, 0.1) is 38.6 Å². The van der Waals surface area contributed by atoms with Crippen molar-refractivity contribution in [2.75, 3.05) is 26.4 Å². The van der Waals surface area contributed by atoms with E-state index in [0.29, 0.717) is 12.8 Å². The minimum Gasteiger partial charge on any atom is -0.394 e. The van der Waals surface area contributed by atoms with Gasteiger partial charge in [-0.05, 0) is 83.5 Å². The number of ether oxygens (including phenoxy) is 6. The Morgan fingerprint density at radius 2 is 0.698 bits per heavy atom. The van der Waals surface area contributed by atoms with E-state index in [9.17, 15) is 61.0 Å². The number of amides is 1. The molecular formula is C77H137NO18. The van der Waals surface area contributed by atoms with Gasteiger partial charge in [-0.2, -0.15) is 0 Å². The highest BCUT2D eigenvalue weighted by Gasteiger charge is 2.53. The van der Waals surface area contributed by atoms with E-state index in [-0.39, 0.29) is 18.9 Å². The molecule has 0 radical (unpaired) electrons. The molecule has 3 heterocycles. The molecule has 3 aliphatic heterocycles. The number of hydrogen-bond donors (Lipinski definition) is 12. The molecular weight excluding hydrogens is 1230 g/mol. The van der Waals surface area contributed by atoms with Crippen LogP contribution in [-0.2, 0) is 33.2 Å². The number of rotatable bonds is 59. The third-order valence-corrected chi connectivity index (χ3v) is 18.7. The van der Waals surface area contributed by atoms with Crippen molar-refractivity contribution in [2.45, 2.75) is 381 Å². The summed E-state index contributed by atoms with van der Waals surface area (Å²) in [6.07, 6.45) is 47.5. The van der Waals surface area contributed by atoms with Gasteiger partial charge in [-0.25, -0.2) is 0 Å². The molecule has 3 saturated heterocycles. The van der Waals surface area contributed by atoms with Crippen LogP contribution < -0.4 is 5.32 Å². The van der Waals surface area contributed by atoms with Gasteiger partial charge in [0.15, 0.2) is 18.9 Å². The third-order valence-electron chi connectivity index (χ3n) is 18.7. The molecule has 1 amide bonds. The molecule has 0 aromatic rings. The third kappa shape index (κ3) is 38.3. The predicted molar refractivity (Wildman–Crippen MR) is 378 cm³/mol. The van der Waals surface area contributed by atoms with Crippen LogP contribution in [0.5, 0.6) is 0 Å². The summed E-state index contributed by atoms with van der Waals surface area (Å²) in [6, 6.07) is -0.999. The number of aliphatic hydroxyl groups excluding tert-OH is 11. The van der Waals surface area contributed by atoms with Gasteiger partial charge in [0, 0.05) is 6.42 Å². The first-order chi connectivity index (χ1) is 46.8. The van der Waals surface area contributed by atoms with Gasteiger partial charge in [0.1, 0.15) is 73.2 Å². The van der Waals surface area contributed by atoms with Crippen LogP contribution in [0.4, 0.5) is 0 Å². The van der Waals surface area contributed by atoms with E-state index < -0.39 is 124 Å².